The van der Waals surface area contributed by atoms with Crippen molar-refractivity contribution in [3.05, 3.63) is 35.4 Å². The van der Waals surface area contributed by atoms with Gasteiger partial charge in [0, 0.05) is 18.1 Å². The molecule has 0 atom stereocenters. The fourth-order valence-corrected chi connectivity index (χ4v) is 1.87. The fraction of sp³-hybridized carbons (Fsp3) is 0.533. The largest absolute Gasteiger partial charge is 0.294 e. The molecule has 3 heteroatoms. The minimum Gasteiger partial charge on any atom is -0.294 e. The lowest BCUT2D eigenvalue weighted by molar-refractivity contribution is 0.0978. The number of hydrogen-bond donors (Lipinski definition) is 0. The predicted molar refractivity (Wildman–Crippen MR) is 68.6 cm³/mol. The Morgan fingerprint density at radius 1 is 1.06 bits per heavy atom. The molecule has 0 amide bonds. The van der Waals surface area contributed by atoms with Crippen molar-refractivity contribution in [2.75, 3.05) is 0 Å². The second-order valence-corrected chi connectivity index (χ2v) is 5.07. The summed E-state index contributed by atoms with van der Waals surface area (Å²) < 4.78 is 25.9. The summed E-state index contributed by atoms with van der Waals surface area (Å²) in [6, 6.07) is 2.97. The zero-order chi connectivity index (χ0) is 13.5. The number of rotatable bonds is 7. The van der Waals surface area contributed by atoms with Gasteiger partial charge in [-0.2, -0.15) is 0 Å². The molecular weight excluding hydrogens is 234 g/mol. The molecule has 0 aliphatic heterocycles. The summed E-state index contributed by atoms with van der Waals surface area (Å²) in [6.45, 7) is 4.33. The van der Waals surface area contributed by atoms with E-state index in [1.54, 1.807) is 0 Å². The third-order valence-electron chi connectivity index (χ3n) is 2.87. The van der Waals surface area contributed by atoms with Gasteiger partial charge in [-0.15, -0.1) is 0 Å². The molecule has 0 aliphatic rings. The van der Waals surface area contributed by atoms with Crippen LogP contribution >= 0.6 is 0 Å². The molecule has 0 fully saturated rings. The van der Waals surface area contributed by atoms with Crippen LogP contribution in [0.5, 0.6) is 0 Å². The molecule has 0 bridgehead atoms. The summed E-state index contributed by atoms with van der Waals surface area (Å²) in [4.78, 5) is 11.7. The van der Waals surface area contributed by atoms with Crippen LogP contribution in [0.3, 0.4) is 0 Å². The van der Waals surface area contributed by atoms with Crippen LogP contribution in [0.25, 0.3) is 0 Å². The van der Waals surface area contributed by atoms with Crippen LogP contribution in [-0.4, -0.2) is 5.78 Å². The lowest BCUT2D eigenvalue weighted by Crippen LogP contribution is -2.01. The highest BCUT2D eigenvalue weighted by Gasteiger charge is 2.09. The Bertz CT molecular complexity index is 379. The monoisotopic (exact) mass is 254 g/mol. The van der Waals surface area contributed by atoms with Gasteiger partial charge in [0.1, 0.15) is 11.6 Å². The molecule has 0 saturated carbocycles. The second-order valence-electron chi connectivity index (χ2n) is 5.07. The highest BCUT2D eigenvalue weighted by molar-refractivity contribution is 5.96. The number of ketones is 1. The Morgan fingerprint density at radius 2 is 1.67 bits per heavy atom. The molecule has 0 heterocycles. The molecule has 0 unspecified atom stereocenters. The van der Waals surface area contributed by atoms with Crippen molar-refractivity contribution in [3.63, 3.8) is 0 Å². The first-order valence-electron chi connectivity index (χ1n) is 6.48. The van der Waals surface area contributed by atoms with Crippen molar-refractivity contribution in [1.29, 1.82) is 0 Å². The smallest absolute Gasteiger partial charge is 0.163 e. The highest BCUT2D eigenvalue weighted by Crippen LogP contribution is 2.14. The lowest BCUT2D eigenvalue weighted by atomic mass is 10.0. The molecular formula is C15H20F2O. The molecule has 0 N–H and O–H groups in total. The van der Waals surface area contributed by atoms with E-state index in [0.717, 1.165) is 43.9 Å². The predicted octanol–water partition coefficient (Wildman–Crippen LogP) is 4.75. The highest BCUT2D eigenvalue weighted by atomic mass is 19.1. The first kappa shape index (κ1) is 14.8. The topological polar surface area (TPSA) is 17.1 Å². The third-order valence-corrected chi connectivity index (χ3v) is 2.87. The van der Waals surface area contributed by atoms with Crippen LogP contribution in [0.1, 0.15) is 56.3 Å². The van der Waals surface area contributed by atoms with Gasteiger partial charge in [-0.05, 0) is 24.5 Å². The molecule has 100 valence electrons. The molecule has 1 aromatic carbocycles. The number of halogens is 2. The minimum atomic E-state index is -0.696. The Morgan fingerprint density at radius 3 is 2.22 bits per heavy atom. The second kappa shape index (κ2) is 7.24. The number of unbranched alkanes of at least 4 members (excludes halogenated alkanes) is 2. The summed E-state index contributed by atoms with van der Waals surface area (Å²) in [5, 5.41) is 0. The number of carbonyl (C=O) groups is 1. The maximum absolute atomic E-state index is 12.9. The van der Waals surface area contributed by atoms with Gasteiger partial charge in [-0.25, -0.2) is 8.78 Å². The van der Waals surface area contributed by atoms with Gasteiger partial charge in [0.25, 0.3) is 0 Å². The first-order valence-corrected chi connectivity index (χ1v) is 6.48. The molecule has 0 aliphatic carbocycles. The van der Waals surface area contributed by atoms with Crippen molar-refractivity contribution in [1.82, 2.24) is 0 Å². The van der Waals surface area contributed by atoms with Crippen molar-refractivity contribution in [2.45, 2.75) is 46.0 Å². The normalized spacial score (nSPS) is 10.9. The summed E-state index contributed by atoms with van der Waals surface area (Å²) >= 11 is 0. The average molecular weight is 254 g/mol. The Balaban J connectivity index is 2.36. The zero-order valence-corrected chi connectivity index (χ0v) is 11.0. The van der Waals surface area contributed by atoms with Crippen LogP contribution in [0, 0.1) is 17.6 Å². The first-order chi connectivity index (χ1) is 8.49. The van der Waals surface area contributed by atoms with E-state index >= 15 is 0 Å². The minimum absolute atomic E-state index is 0.136. The van der Waals surface area contributed by atoms with Gasteiger partial charge in [-0.1, -0.05) is 33.1 Å². The summed E-state index contributed by atoms with van der Waals surface area (Å²) in [5.74, 6) is -0.896. The van der Waals surface area contributed by atoms with Crippen LogP contribution in [0.2, 0.25) is 0 Å². The van der Waals surface area contributed by atoms with Gasteiger partial charge in [-0.3, -0.25) is 4.79 Å². The standard InChI is InChI=1S/C15H20F2O/c1-11(2)6-4-3-5-7-15(18)12-8-13(16)10-14(17)9-12/h8-11H,3-7H2,1-2H3. The molecule has 0 radical (unpaired) electrons. The van der Waals surface area contributed by atoms with E-state index in [2.05, 4.69) is 13.8 Å². The van der Waals surface area contributed by atoms with Crippen LogP contribution in [-0.2, 0) is 0 Å². The Labute approximate surface area is 107 Å². The van der Waals surface area contributed by atoms with E-state index in [1.807, 2.05) is 0 Å². The van der Waals surface area contributed by atoms with Gasteiger partial charge < -0.3 is 0 Å². The van der Waals surface area contributed by atoms with Gasteiger partial charge in [0.15, 0.2) is 5.78 Å². The molecule has 0 aromatic heterocycles. The molecule has 0 saturated heterocycles. The van der Waals surface area contributed by atoms with E-state index in [4.69, 9.17) is 0 Å². The van der Waals surface area contributed by atoms with Crippen molar-refractivity contribution in [2.24, 2.45) is 5.92 Å². The van der Waals surface area contributed by atoms with Crippen molar-refractivity contribution in [3.8, 4) is 0 Å². The zero-order valence-electron chi connectivity index (χ0n) is 11.0. The van der Waals surface area contributed by atoms with Gasteiger partial charge >= 0.3 is 0 Å². The number of hydrogen-bond acceptors (Lipinski definition) is 1. The summed E-state index contributed by atoms with van der Waals surface area (Å²) in [5.41, 5.74) is 0.136. The van der Waals surface area contributed by atoms with Crippen molar-refractivity contribution < 1.29 is 13.6 Å². The Hall–Kier alpha value is -1.25. The van der Waals surface area contributed by atoms with Crippen LogP contribution < -0.4 is 0 Å². The molecule has 18 heavy (non-hydrogen) atoms. The van der Waals surface area contributed by atoms with Gasteiger partial charge in [0.2, 0.25) is 0 Å². The van der Waals surface area contributed by atoms with E-state index < -0.39 is 11.6 Å². The van der Waals surface area contributed by atoms with E-state index in [0.29, 0.717) is 12.3 Å². The number of carbonyl (C=O) groups excluding carboxylic acids is 1. The van der Waals surface area contributed by atoms with E-state index in [-0.39, 0.29) is 11.3 Å². The van der Waals surface area contributed by atoms with Crippen LogP contribution in [0.15, 0.2) is 18.2 Å². The van der Waals surface area contributed by atoms with E-state index in [1.165, 1.54) is 0 Å². The molecule has 1 rings (SSSR count). The number of Topliss-reactive ketones (excluding diaryl/α,β-unsaturated/α-hetero) is 1. The van der Waals surface area contributed by atoms with E-state index in [9.17, 15) is 13.6 Å². The van der Waals surface area contributed by atoms with Gasteiger partial charge in [0.05, 0.1) is 0 Å². The summed E-state index contributed by atoms with van der Waals surface area (Å²) in [6.07, 6.45) is 4.39. The number of benzene rings is 1. The molecule has 1 nitrogen and oxygen atoms in total. The average Bonchev–Trinajstić information content (AvgIpc) is 2.26. The molecule has 1 aromatic rings. The maximum atomic E-state index is 12.9. The fourth-order valence-electron chi connectivity index (χ4n) is 1.87. The van der Waals surface area contributed by atoms with Crippen LogP contribution in [0.4, 0.5) is 8.78 Å². The SMILES string of the molecule is CC(C)CCCCCC(=O)c1cc(F)cc(F)c1. The third kappa shape index (κ3) is 5.39. The van der Waals surface area contributed by atoms with Crippen molar-refractivity contribution >= 4 is 5.78 Å². The molecule has 0 spiro atoms. The maximum Gasteiger partial charge on any atom is 0.163 e. The Kier molecular flexibility index (Phi) is 5.96. The lowest BCUT2D eigenvalue weighted by Gasteiger charge is -2.04. The quantitative estimate of drug-likeness (QED) is 0.506. The summed E-state index contributed by atoms with van der Waals surface area (Å²) in [7, 11) is 0.